The molecular weight excluding hydrogens is 336 g/mol. The number of phenols is 1. The molecule has 1 aliphatic rings. The highest BCUT2D eigenvalue weighted by Crippen LogP contribution is 2.38. The number of rotatable bonds is 3. The van der Waals surface area contributed by atoms with Gasteiger partial charge < -0.3 is 14.4 Å². The number of furan rings is 1. The number of hydrogen-bond donors (Lipinski definition) is 1. The Labute approximate surface area is 149 Å². The molecule has 1 amide bonds. The van der Waals surface area contributed by atoms with Crippen molar-refractivity contribution in [2.24, 2.45) is 0 Å². The Balaban J connectivity index is 1.70. The number of thioether (sulfide) groups is 1. The van der Waals surface area contributed by atoms with Crippen LogP contribution in [0.1, 0.15) is 29.0 Å². The molecule has 4 rings (SSSR count). The summed E-state index contributed by atoms with van der Waals surface area (Å²) in [5, 5.41) is 10.8. The summed E-state index contributed by atoms with van der Waals surface area (Å²) in [7, 11) is 0. The molecule has 1 unspecified atom stereocenters. The number of carbonyl (C=O) groups is 1. The maximum Gasteiger partial charge on any atom is 0.225 e. The number of carbonyl (C=O) groups excluding carboxylic acids is 1. The SMILES string of the molecule is Cc1ccc(CN2C(=O)CCSC2c2ccc3cccc(O)c3n2)o1. The largest absolute Gasteiger partial charge is 0.506 e. The number of nitrogens with zero attached hydrogens (tertiary/aromatic N) is 2. The molecule has 0 bridgehead atoms. The normalized spacial score (nSPS) is 18.0. The van der Waals surface area contributed by atoms with E-state index < -0.39 is 0 Å². The van der Waals surface area contributed by atoms with Gasteiger partial charge in [-0.3, -0.25) is 4.79 Å². The third kappa shape index (κ3) is 3.09. The van der Waals surface area contributed by atoms with Gasteiger partial charge in [-0.2, -0.15) is 0 Å². The molecule has 128 valence electrons. The van der Waals surface area contributed by atoms with Gasteiger partial charge in [0.25, 0.3) is 0 Å². The van der Waals surface area contributed by atoms with Crippen molar-refractivity contribution >= 4 is 28.6 Å². The van der Waals surface area contributed by atoms with E-state index in [1.807, 2.05) is 37.3 Å². The number of amides is 1. The maximum absolute atomic E-state index is 12.5. The molecule has 0 aliphatic carbocycles. The van der Waals surface area contributed by atoms with Crippen LogP contribution in [0.5, 0.6) is 5.75 Å². The van der Waals surface area contributed by atoms with E-state index in [0.29, 0.717) is 18.5 Å². The molecule has 3 heterocycles. The number of hydrogen-bond acceptors (Lipinski definition) is 5. The Hall–Kier alpha value is -2.47. The van der Waals surface area contributed by atoms with E-state index in [4.69, 9.17) is 4.42 Å². The van der Waals surface area contributed by atoms with Crippen LogP contribution in [0.15, 0.2) is 46.9 Å². The van der Waals surface area contributed by atoms with Crippen LogP contribution in [-0.4, -0.2) is 26.7 Å². The van der Waals surface area contributed by atoms with E-state index in [0.717, 1.165) is 28.4 Å². The van der Waals surface area contributed by atoms with E-state index in [1.54, 1.807) is 28.8 Å². The topological polar surface area (TPSA) is 66.6 Å². The van der Waals surface area contributed by atoms with E-state index in [9.17, 15) is 9.90 Å². The van der Waals surface area contributed by atoms with Gasteiger partial charge in [-0.25, -0.2) is 4.98 Å². The summed E-state index contributed by atoms with van der Waals surface area (Å²) in [5.41, 5.74) is 1.34. The molecule has 0 radical (unpaired) electrons. The molecule has 25 heavy (non-hydrogen) atoms. The van der Waals surface area contributed by atoms with E-state index in [-0.39, 0.29) is 17.0 Å². The summed E-state index contributed by atoms with van der Waals surface area (Å²) in [6.45, 7) is 2.31. The number of phenolic OH excluding ortho intramolecular Hbond substituents is 1. The lowest BCUT2D eigenvalue weighted by Crippen LogP contribution is -2.37. The van der Waals surface area contributed by atoms with E-state index in [2.05, 4.69) is 4.98 Å². The average Bonchev–Trinajstić information content (AvgIpc) is 3.02. The molecule has 6 heteroatoms. The highest BCUT2D eigenvalue weighted by atomic mass is 32.2. The Bertz CT molecular complexity index is 937. The molecule has 3 aromatic rings. The van der Waals surface area contributed by atoms with Gasteiger partial charge in [0.2, 0.25) is 5.91 Å². The van der Waals surface area contributed by atoms with Crippen molar-refractivity contribution in [3.8, 4) is 5.75 Å². The fraction of sp³-hybridized carbons (Fsp3) is 0.263. The fourth-order valence-electron chi connectivity index (χ4n) is 3.06. The van der Waals surface area contributed by atoms with Gasteiger partial charge in [-0.15, -0.1) is 11.8 Å². The number of benzene rings is 1. The van der Waals surface area contributed by atoms with Crippen LogP contribution >= 0.6 is 11.8 Å². The third-order valence-corrected chi connectivity index (χ3v) is 5.54. The molecule has 1 aromatic carbocycles. The minimum Gasteiger partial charge on any atom is -0.506 e. The van der Waals surface area contributed by atoms with Gasteiger partial charge in [0.15, 0.2) is 0 Å². The van der Waals surface area contributed by atoms with Crippen LogP contribution in [0.25, 0.3) is 10.9 Å². The summed E-state index contributed by atoms with van der Waals surface area (Å²) < 4.78 is 5.64. The molecule has 0 saturated carbocycles. The number of para-hydroxylation sites is 1. The zero-order chi connectivity index (χ0) is 17.4. The number of pyridine rings is 1. The molecule has 2 aromatic heterocycles. The van der Waals surface area contributed by atoms with Crippen LogP contribution in [-0.2, 0) is 11.3 Å². The third-order valence-electron chi connectivity index (χ3n) is 4.29. The minimum atomic E-state index is -0.185. The molecule has 1 aliphatic heterocycles. The second kappa shape index (κ2) is 6.44. The van der Waals surface area contributed by atoms with Gasteiger partial charge >= 0.3 is 0 Å². The van der Waals surface area contributed by atoms with Gasteiger partial charge in [0, 0.05) is 17.6 Å². The van der Waals surface area contributed by atoms with Crippen LogP contribution in [0.3, 0.4) is 0 Å². The predicted octanol–water partition coefficient (Wildman–Crippen LogP) is 4.01. The van der Waals surface area contributed by atoms with Crippen molar-refractivity contribution in [1.82, 2.24) is 9.88 Å². The quantitative estimate of drug-likeness (QED) is 0.770. The first-order valence-electron chi connectivity index (χ1n) is 8.17. The van der Waals surface area contributed by atoms with E-state index in [1.165, 1.54) is 0 Å². The lowest BCUT2D eigenvalue weighted by atomic mass is 10.1. The van der Waals surface area contributed by atoms with Crippen molar-refractivity contribution in [3.63, 3.8) is 0 Å². The van der Waals surface area contributed by atoms with Gasteiger partial charge in [-0.1, -0.05) is 18.2 Å². The first-order valence-corrected chi connectivity index (χ1v) is 9.22. The highest BCUT2D eigenvalue weighted by molar-refractivity contribution is 7.99. The van der Waals surface area contributed by atoms with Crippen molar-refractivity contribution in [1.29, 1.82) is 0 Å². The van der Waals surface area contributed by atoms with Crippen molar-refractivity contribution < 1.29 is 14.3 Å². The van der Waals surface area contributed by atoms with Crippen LogP contribution < -0.4 is 0 Å². The van der Waals surface area contributed by atoms with Crippen molar-refractivity contribution in [2.45, 2.75) is 25.3 Å². The van der Waals surface area contributed by atoms with Gasteiger partial charge in [-0.05, 0) is 31.2 Å². The molecule has 1 atom stereocenters. The summed E-state index contributed by atoms with van der Waals surface area (Å²) in [6.07, 6.45) is 0.514. The number of aromatic hydroxyl groups is 1. The molecule has 1 fully saturated rings. The zero-order valence-corrected chi connectivity index (χ0v) is 14.6. The lowest BCUT2D eigenvalue weighted by molar-refractivity contribution is -0.133. The first-order chi connectivity index (χ1) is 12.1. The predicted molar refractivity (Wildman–Crippen MR) is 97.2 cm³/mol. The summed E-state index contributed by atoms with van der Waals surface area (Å²) in [6, 6.07) is 13.0. The standard InChI is InChI=1S/C19H18N2O3S/c1-12-5-7-14(24-12)11-21-17(23)9-10-25-19(21)15-8-6-13-3-2-4-16(22)18(13)20-15/h2-8,19,22H,9-11H2,1H3. The molecular formula is C19H18N2O3S. The maximum atomic E-state index is 12.5. The number of aromatic nitrogens is 1. The van der Waals surface area contributed by atoms with Crippen LogP contribution in [0.2, 0.25) is 0 Å². The average molecular weight is 354 g/mol. The first kappa shape index (κ1) is 16.0. The Morgan fingerprint density at radius 1 is 1.28 bits per heavy atom. The van der Waals surface area contributed by atoms with Crippen LogP contribution in [0.4, 0.5) is 0 Å². The monoisotopic (exact) mass is 354 g/mol. The van der Waals surface area contributed by atoms with Gasteiger partial charge in [0.1, 0.15) is 28.2 Å². The van der Waals surface area contributed by atoms with Crippen molar-refractivity contribution in [2.75, 3.05) is 5.75 Å². The molecule has 1 saturated heterocycles. The Morgan fingerprint density at radius 2 is 2.16 bits per heavy atom. The van der Waals surface area contributed by atoms with Gasteiger partial charge in [0.05, 0.1) is 12.2 Å². The number of aryl methyl sites for hydroxylation is 1. The Morgan fingerprint density at radius 3 is 2.96 bits per heavy atom. The van der Waals surface area contributed by atoms with Crippen molar-refractivity contribution in [3.05, 3.63) is 59.7 Å². The molecule has 0 spiro atoms. The number of fused-ring (bicyclic) bond motifs is 1. The second-order valence-electron chi connectivity index (χ2n) is 6.09. The summed E-state index contributed by atoms with van der Waals surface area (Å²) in [5.74, 6) is 2.61. The van der Waals surface area contributed by atoms with E-state index >= 15 is 0 Å². The van der Waals surface area contributed by atoms with Crippen LogP contribution in [0, 0.1) is 6.92 Å². The second-order valence-corrected chi connectivity index (χ2v) is 7.28. The molecule has 5 nitrogen and oxygen atoms in total. The summed E-state index contributed by atoms with van der Waals surface area (Å²) in [4.78, 5) is 19.0. The Kier molecular flexibility index (Phi) is 4.13. The fourth-order valence-corrected chi connectivity index (χ4v) is 4.25. The summed E-state index contributed by atoms with van der Waals surface area (Å²) >= 11 is 1.69. The zero-order valence-electron chi connectivity index (χ0n) is 13.8. The smallest absolute Gasteiger partial charge is 0.225 e. The highest BCUT2D eigenvalue weighted by Gasteiger charge is 2.31. The molecule has 1 N–H and O–H groups in total. The lowest BCUT2D eigenvalue weighted by Gasteiger charge is -2.34. The minimum absolute atomic E-state index is 0.0944.